The van der Waals surface area contributed by atoms with Crippen LogP contribution >= 0.6 is 0 Å². The number of hydrogen-bond donors (Lipinski definition) is 1. The number of nitro benzene ring substituents is 1. The van der Waals surface area contributed by atoms with Gasteiger partial charge in [0.05, 0.1) is 23.7 Å². The molecule has 0 atom stereocenters. The third kappa shape index (κ3) is 1.63. The van der Waals surface area contributed by atoms with Crippen LogP contribution in [0.15, 0.2) is 12.1 Å². The van der Waals surface area contributed by atoms with Crippen molar-refractivity contribution in [3.05, 3.63) is 27.8 Å². The zero-order valence-electron chi connectivity index (χ0n) is 7.26. The molecule has 0 bridgehead atoms. The predicted octanol–water partition coefficient (Wildman–Crippen LogP) is 1.12. The van der Waals surface area contributed by atoms with Crippen LogP contribution in [0.3, 0.4) is 0 Å². The monoisotopic (exact) mass is 197 g/mol. The van der Waals surface area contributed by atoms with E-state index in [0.717, 1.165) is 12.1 Å². The molecule has 6 heteroatoms. The number of nitro groups is 1. The van der Waals surface area contributed by atoms with Crippen LogP contribution in [0.25, 0.3) is 0 Å². The lowest BCUT2D eigenvalue weighted by Gasteiger charge is -2.03. The molecule has 0 aliphatic rings. The highest BCUT2D eigenvalue weighted by molar-refractivity contribution is 5.81. The average molecular weight is 197 g/mol. The van der Waals surface area contributed by atoms with Crippen molar-refractivity contribution in [3.63, 3.8) is 0 Å². The van der Waals surface area contributed by atoms with Gasteiger partial charge in [-0.25, -0.2) is 0 Å². The Kier molecular flexibility index (Phi) is 2.66. The number of benzene rings is 1. The Balaban J connectivity index is 3.38. The van der Waals surface area contributed by atoms with Gasteiger partial charge in [-0.1, -0.05) is 0 Å². The van der Waals surface area contributed by atoms with Crippen molar-refractivity contribution in [2.75, 3.05) is 7.11 Å². The van der Waals surface area contributed by atoms with Crippen molar-refractivity contribution in [1.29, 1.82) is 0 Å². The van der Waals surface area contributed by atoms with Gasteiger partial charge in [-0.3, -0.25) is 14.9 Å². The highest BCUT2D eigenvalue weighted by Gasteiger charge is 2.18. The topological polar surface area (TPSA) is 89.7 Å². The summed E-state index contributed by atoms with van der Waals surface area (Å²) in [5.74, 6) is -0.498. The van der Waals surface area contributed by atoms with Crippen molar-refractivity contribution in [2.24, 2.45) is 0 Å². The molecular weight excluding hydrogens is 190 g/mol. The van der Waals surface area contributed by atoms with E-state index in [9.17, 15) is 14.9 Å². The van der Waals surface area contributed by atoms with Gasteiger partial charge in [-0.15, -0.1) is 0 Å². The first-order valence-corrected chi connectivity index (χ1v) is 3.60. The van der Waals surface area contributed by atoms with Crippen LogP contribution in [0, 0.1) is 10.1 Å². The zero-order chi connectivity index (χ0) is 10.7. The van der Waals surface area contributed by atoms with E-state index in [0.29, 0.717) is 6.29 Å². The molecule has 1 aromatic rings. The third-order valence-electron chi connectivity index (χ3n) is 1.65. The summed E-state index contributed by atoms with van der Waals surface area (Å²) < 4.78 is 4.69. The van der Waals surface area contributed by atoms with Crippen molar-refractivity contribution < 1.29 is 19.6 Å². The van der Waals surface area contributed by atoms with Crippen LogP contribution in [0.1, 0.15) is 10.4 Å². The Morgan fingerprint density at radius 1 is 1.57 bits per heavy atom. The molecule has 74 valence electrons. The lowest BCUT2D eigenvalue weighted by molar-refractivity contribution is -0.385. The summed E-state index contributed by atoms with van der Waals surface area (Å²) in [6, 6.07) is 1.99. The number of aldehydes is 1. The predicted molar refractivity (Wildman–Crippen MR) is 46.7 cm³/mol. The largest absolute Gasteiger partial charge is 0.507 e. The summed E-state index contributed by atoms with van der Waals surface area (Å²) in [6.07, 6.45) is 0.390. The van der Waals surface area contributed by atoms with E-state index < -0.39 is 10.7 Å². The van der Waals surface area contributed by atoms with Crippen LogP contribution in [0.2, 0.25) is 0 Å². The number of carbonyl (C=O) groups is 1. The van der Waals surface area contributed by atoms with Gasteiger partial charge in [0.1, 0.15) is 5.75 Å². The molecule has 6 nitrogen and oxygen atoms in total. The summed E-state index contributed by atoms with van der Waals surface area (Å²) in [4.78, 5) is 20.1. The first-order chi connectivity index (χ1) is 6.60. The Bertz CT molecular complexity index is 388. The summed E-state index contributed by atoms with van der Waals surface area (Å²) in [6.45, 7) is 0. The Morgan fingerprint density at radius 2 is 2.21 bits per heavy atom. The molecule has 0 saturated carbocycles. The van der Waals surface area contributed by atoms with Crippen molar-refractivity contribution in [2.45, 2.75) is 0 Å². The second kappa shape index (κ2) is 3.73. The highest BCUT2D eigenvalue weighted by Crippen LogP contribution is 2.32. The average Bonchev–Trinajstić information content (AvgIpc) is 2.17. The van der Waals surface area contributed by atoms with Crippen LogP contribution in [0.5, 0.6) is 11.5 Å². The van der Waals surface area contributed by atoms with E-state index in [1.807, 2.05) is 0 Å². The van der Waals surface area contributed by atoms with E-state index in [1.54, 1.807) is 0 Å². The van der Waals surface area contributed by atoms with Crippen molar-refractivity contribution >= 4 is 12.0 Å². The minimum absolute atomic E-state index is 0.0487. The summed E-state index contributed by atoms with van der Waals surface area (Å²) >= 11 is 0. The molecule has 1 rings (SSSR count). The maximum absolute atomic E-state index is 10.5. The van der Waals surface area contributed by atoms with E-state index in [-0.39, 0.29) is 17.0 Å². The molecule has 0 saturated heterocycles. The molecule has 0 amide bonds. The molecule has 0 aromatic heterocycles. The Hall–Kier alpha value is -2.11. The lowest BCUT2D eigenvalue weighted by Crippen LogP contribution is -1.95. The van der Waals surface area contributed by atoms with Crippen LogP contribution < -0.4 is 4.74 Å². The summed E-state index contributed by atoms with van der Waals surface area (Å²) in [5.41, 5.74) is -0.428. The molecule has 0 unspecified atom stereocenters. The summed E-state index contributed by atoms with van der Waals surface area (Å²) in [7, 11) is 1.24. The molecule has 1 N–H and O–H groups in total. The number of rotatable bonds is 3. The molecule has 1 aromatic carbocycles. The van der Waals surface area contributed by atoms with Gasteiger partial charge >= 0.3 is 5.69 Å². The Labute approximate surface area is 78.9 Å². The zero-order valence-corrected chi connectivity index (χ0v) is 7.26. The minimum Gasteiger partial charge on any atom is -0.507 e. The number of phenolic OH excluding ortho intramolecular Hbond substituents is 1. The van der Waals surface area contributed by atoms with Gasteiger partial charge in [0.15, 0.2) is 12.0 Å². The first-order valence-electron chi connectivity index (χ1n) is 3.60. The standard InChI is InChI=1S/C8H7NO5/c1-14-8-2-5(4-10)7(11)3-6(8)9(12)13/h2-4,11H,1H3. The maximum atomic E-state index is 10.5. The van der Waals surface area contributed by atoms with Gasteiger partial charge in [0.25, 0.3) is 0 Å². The van der Waals surface area contributed by atoms with Crippen LogP contribution in [-0.4, -0.2) is 23.4 Å². The van der Waals surface area contributed by atoms with Crippen molar-refractivity contribution in [1.82, 2.24) is 0 Å². The van der Waals surface area contributed by atoms with Gasteiger partial charge < -0.3 is 9.84 Å². The molecule has 0 fully saturated rings. The second-order valence-electron chi connectivity index (χ2n) is 2.46. The quantitative estimate of drug-likeness (QED) is 0.445. The maximum Gasteiger partial charge on any atom is 0.314 e. The molecule has 14 heavy (non-hydrogen) atoms. The van der Waals surface area contributed by atoms with Gasteiger partial charge in [0.2, 0.25) is 0 Å². The highest BCUT2D eigenvalue weighted by atomic mass is 16.6. The second-order valence-corrected chi connectivity index (χ2v) is 2.46. The normalized spacial score (nSPS) is 9.50. The third-order valence-corrected chi connectivity index (χ3v) is 1.65. The number of methoxy groups -OCH3 is 1. The fraction of sp³-hybridized carbons (Fsp3) is 0.125. The number of nitrogens with zero attached hydrogens (tertiary/aromatic N) is 1. The van der Waals surface area contributed by atoms with Crippen LogP contribution in [-0.2, 0) is 0 Å². The molecule has 0 aliphatic heterocycles. The number of phenols is 1. The molecule has 0 spiro atoms. The van der Waals surface area contributed by atoms with E-state index in [4.69, 9.17) is 9.84 Å². The van der Waals surface area contributed by atoms with Crippen LogP contribution in [0.4, 0.5) is 5.69 Å². The fourth-order valence-electron chi connectivity index (χ4n) is 0.974. The smallest absolute Gasteiger partial charge is 0.314 e. The number of hydrogen-bond acceptors (Lipinski definition) is 5. The first kappa shape index (κ1) is 9.97. The molecular formula is C8H7NO5. The van der Waals surface area contributed by atoms with Gasteiger partial charge in [-0.05, 0) is 0 Å². The van der Waals surface area contributed by atoms with Gasteiger partial charge in [-0.2, -0.15) is 0 Å². The molecule has 0 radical (unpaired) electrons. The van der Waals surface area contributed by atoms with E-state index in [1.165, 1.54) is 7.11 Å². The van der Waals surface area contributed by atoms with E-state index in [2.05, 4.69) is 0 Å². The SMILES string of the molecule is COc1cc(C=O)c(O)cc1[N+](=O)[O-]. The van der Waals surface area contributed by atoms with Gasteiger partial charge in [0, 0.05) is 6.07 Å². The van der Waals surface area contributed by atoms with E-state index >= 15 is 0 Å². The number of carbonyl (C=O) groups excluding carboxylic acids is 1. The fourth-order valence-corrected chi connectivity index (χ4v) is 0.974. The Morgan fingerprint density at radius 3 is 2.64 bits per heavy atom. The minimum atomic E-state index is -0.701. The number of aromatic hydroxyl groups is 1. The molecule has 0 heterocycles. The van der Waals surface area contributed by atoms with Crippen molar-refractivity contribution in [3.8, 4) is 11.5 Å². The number of ether oxygens (including phenoxy) is 1. The molecule has 0 aliphatic carbocycles. The lowest BCUT2D eigenvalue weighted by atomic mass is 10.2. The summed E-state index contributed by atoms with van der Waals surface area (Å²) in [5, 5.41) is 19.6.